The van der Waals surface area contributed by atoms with E-state index in [9.17, 15) is 9.18 Å². The van der Waals surface area contributed by atoms with Gasteiger partial charge in [-0.3, -0.25) is 4.79 Å². The number of rotatable bonds is 2. The van der Waals surface area contributed by atoms with E-state index < -0.39 is 5.92 Å². The smallest absolute Gasteiger partial charge is 0.226 e. The van der Waals surface area contributed by atoms with Crippen molar-refractivity contribution >= 4 is 11.7 Å². The van der Waals surface area contributed by atoms with E-state index in [0.717, 1.165) is 17.0 Å². The lowest BCUT2D eigenvalue weighted by Gasteiger charge is -2.37. The minimum atomic E-state index is -0.421. The number of carbonyl (C=O) groups excluding carboxylic acids is 1. The summed E-state index contributed by atoms with van der Waals surface area (Å²) in [6, 6.07) is 9.55. The second-order valence-electron chi connectivity index (χ2n) is 6.94. The van der Waals surface area contributed by atoms with Crippen molar-refractivity contribution in [1.82, 2.24) is 14.8 Å². The van der Waals surface area contributed by atoms with Crippen molar-refractivity contribution in [3.05, 3.63) is 77.4 Å². The minimum absolute atomic E-state index is 0.0922. The highest BCUT2D eigenvalue weighted by Gasteiger charge is 2.43. The van der Waals surface area contributed by atoms with Gasteiger partial charge in [0.15, 0.2) is 0 Å². The summed E-state index contributed by atoms with van der Waals surface area (Å²) in [7, 11) is 0. The number of nitrogens with zero attached hydrogens (tertiary/aromatic N) is 3. The van der Waals surface area contributed by atoms with E-state index in [4.69, 9.17) is 4.42 Å². The first kappa shape index (κ1) is 16.0. The summed E-state index contributed by atoms with van der Waals surface area (Å²) in [4.78, 5) is 17.6. The van der Waals surface area contributed by atoms with E-state index in [1.807, 2.05) is 18.2 Å². The molecule has 7 heteroatoms. The van der Waals surface area contributed by atoms with Crippen LogP contribution in [0.2, 0.25) is 0 Å². The molecule has 2 aliphatic rings. The van der Waals surface area contributed by atoms with Crippen molar-refractivity contribution in [3.63, 3.8) is 0 Å². The van der Waals surface area contributed by atoms with Crippen LogP contribution in [0.4, 0.5) is 10.3 Å². The van der Waals surface area contributed by atoms with Crippen LogP contribution in [0.25, 0.3) is 0 Å². The van der Waals surface area contributed by atoms with Crippen LogP contribution >= 0.6 is 0 Å². The summed E-state index contributed by atoms with van der Waals surface area (Å²) in [5.41, 5.74) is 1.62. The lowest BCUT2D eigenvalue weighted by Crippen LogP contribution is -2.40. The van der Waals surface area contributed by atoms with Crippen LogP contribution in [0.1, 0.15) is 35.5 Å². The fourth-order valence-corrected chi connectivity index (χ4v) is 4.02. The van der Waals surface area contributed by atoms with Crippen LogP contribution in [0, 0.1) is 18.7 Å². The van der Waals surface area contributed by atoms with Gasteiger partial charge in [-0.1, -0.05) is 18.2 Å². The van der Waals surface area contributed by atoms with Gasteiger partial charge in [-0.2, -0.15) is 10.1 Å². The van der Waals surface area contributed by atoms with E-state index in [2.05, 4.69) is 15.4 Å². The Morgan fingerprint density at radius 3 is 2.81 bits per heavy atom. The van der Waals surface area contributed by atoms with Gasteiger partial charge >= 0.3 is 0 Å². The normalized spacial score (nSPS) is 24.0. The fourth-order valence-electron chi connectivity index (χ4n) is 4.02. The second-order valence-corrected chi connectivity index (χ2v) is 6.94. The average Bonchev–Trinajstić information content (AvgIpc) is 3.29. The zero-order chi connectivity index (χ0) is 18.5. The maximum Gasteiger partial charge on any atom is 0.226 e. The number of aryl methyl sites for hydroxylation is 1. The van der Waals surface area contributed by atoms with Crippen molar-refractivity contribution in [3.8, 4) is 0 Å². The van der Waals surface area contributed by atoms with Gasteiger partial charge in [0.1, 0.15) is 23.2 Å². The van der Waals surface area contributed by atoms with Gasteiger partial charge in [0.2, 0.25) is 5.95 Å². The van der Waals surface area contributed by atoms with Crippen molar-refractivity contribution in [1.29, 1.82) is 0 Å². The highest BCUT2D eigenvalue weighted by molar-refractivity contribution is 5.88. The predicted octanol–water partition coefficient (Wildman–Crippen LogP) is 3.59. The third-order valence-electron chi connectivity index (χ3n) is 5.18. The summed E-state index contributed by atoms with van der Waals surface area (Å²) in [5, 5.41) is 7.74. The maximum absolute atomic E-state index is 13.4. The zero-order valence-electron chi connectivity index (χ0n) is 14.6. The molecule has 27 heavy (non-hydrogen) atoms. The molecule has 1 aromatic carbocycles. The number of carbonyl (C=O) groups is 1. The van der Waals surface area contributed by atoms with Gasteiger partial charge in [-0.05, 0) is 36.8 Å². The Hall–Kier alpha value is -3.22. The largest absolute Gasteiger partial charge is 0.469 e. The molecule has 0 saturated heterocycles. The van der Waals surface area contributed by atoms with Crippen LogP contribution in [0.3, 0.4) is 0 Å². The van der Waals surface area contributed by atoms with E-state index in [-0.39, 0.29) is 23.6 Å². The maximum atomic E-state index is 13.4. The molecule has 3 heterocycles. The van der Waals surface area contributed by atoms with E-state index in [1.165, 1.54) is 12.1 Å². The second kappa shape index (κ2) is 5.90. The van der Waals surface area contributed by atoms with Crippen LogP contribution in [-0.2, 0) is 4.79 Å². The van der Waals surface area contributed by atoms with Gasteiger partial charge in [-0.15, -0.1) is 0 Å². The van der Waals surface area contributed by atoms with Gasteiger partial charge in [0, 0.05) is 18.0 Å². The molecule has 136 valence electrons. The molecule has 0 bridgehead atoms. The average molecular weight is 364 g/mol. The molecule has 0 radical (unpaired) electrons. The number of benzene rings is 1. The number of Topliss-reactive ketones (excluding diaryl/α,β-unsaturated/α-hetero) is 1. The third kappa shape index (κ3) is 2.58. The molecular weight excluding hydrogens is 347 g/mol. The number of halogens is 1. The van der Waals surface area contributed by atoms with E-state index >= 15 is 0 Å². The summed E-state index contributed by atoms with van der Waals surface area (Å²) in [6.45, 7) is 1.81. The summed E-state index contributed by atoms with van der Waals surface area (Å²) in [5.74, 6) is 1.19. The lowest BCUT2D eigenvalue weighted by atomic mass is 9.77. The number of ketones is 1. The molecule has 1 aliphatic heterocycles. The van der Waals surface area contributed by atoms with Crippen LogP contribution in [0.5, 0.6) is 0 Å². The van der Waals surface area contributed by atoms with Crippen molar-refractivity contribution in [2.45, 2.75) is 25.3 Å². The number of anilines is 1. The summed E-state index contributed by atoms with van der Waals surface area (Å²) >= 11 is 0. The van der Waals surface area contributed by atoms with E-state index in [1.54, 1.807) is 30.0 Å². The van der Waals surface area contributed by atoms with E-state index in [0.29, 0.717) is 18.2 Å². The first-order valence-electron chi connectivity index (χ1n) is 8.83. The molecule has 0 fully saturated rings. The lowest BCUT2D eigenvalue weighted by molar-refractivity contribution is -0.123. The molecule has 3 atom stereocenters. The Morgan fingerprint density at radius 1 is 1.26 bits per heavy atom. The molecule has 6 nitrogen and oxygen atoms in total. The van der Waals surface area contributed by atoms with Crippen molar-refractivity contribution < 1.29 is 13.6 Å². The fraction of sp³-hybridized carbons (Fsp3) is 0.250. The van der Waals surface area contributed by atoms with Crippen LogP contribution in [0.15, 0.2) is 58.9 Å². The predicted molar refractivity (Wildman–Crippen MR) is 95.6 cm³/mol. The monoisotopic (exact) mass is 364 g/mol. The number of nitrogens with one attached hydrogen (secondary N) is 1. The Morgan fingerprint density at radius 2 is 2.07 bits per heavy atom. The molecule has 0 spiro atoms. The third-order valence-corrected chi connectivity index (χ3v) is 5.18. The number of furan rings is 1. The molecular formula is C20H17FN4O2. The molecule has 0 unspecified atom stereocenters. The molecule has 5 rings (SSSR count). The number of hydrogen-bond donors (Lipinski definition) is 1. The Kier molecular flexibility index (Phi) is 3.50. The highest BCUT2D eigenvalue weighted by atomic mass is 19.1. The minimum Gasteiger partial charge on any atom is -0.469 e. The van der Waals surface area contributed by atoms with Crippen molar-refractivity contribution in [2.75, 3.05) is 5.32 Å². The Balaban J connectivity index is 1.65. The van der Waals surface area contributed by atoms with Gasteiger partial charge in [0.25, 0.3) is 0 Å². The molecule has 3 aromatic rings. The molecule has 0 saturated carbocycles. The zero-order valence-corrected chi connectivity index (χ0v) is 14.6. The standard InChI is InChI=1S/C20H17FN4O2/c1-11-22-20-23-15-9-13(17-3-2-8-27-17)10-16(26)18(15)19(25(20)24-11)12-4-6-14(21)7-5-12/h2-9,13,18-19H,10H2,1H3,(H,22,23,24)/t13-,18+,19+/m0/s1. The van der Waals surface area contributed by atoms with Gasteiger partial charge in [-0.25, -0.2) is 9.07 Å². The number of aromatic nitrogens is 3. The molecule has 0 amide bonds. The topological polar surface area (TPSA) is 73.0 Å². The summed E-state index contributed by atoms with van der Waals surface area (Å²) in [6.07, 6.45) is 4.00. The highest BCUT2D eigenvalue weighted by Crippen LogP contribution is 2.44. The van der Waals surface area contributed by atoms with Crippen LogP contribution < -0.4 is 5.32 Å². The first-order valence-corrected chi connectivity index (χ1v) is 8.83. The number of fused-ring (bicyclic) bond motifs is 2. The SMILES string of the molecule is Cc1nc2n(n1)[C@H](c1ccc(F)cc1)[C@H]1C(=O)C[C@@H](c3ccco3)C=C1N2. The number of hydrogen-bond acceptors (Lipinski definition) is 5. The van der Waals surface area contributed by atoms with Crippen molar-refractivity contribution in [2.24, 2.45) is 5.92 Å². The van der Waals surface area contributed by atoms with Gasteiger partial charge < -0.3 is 9.73 Å². The Bertz CT molecular complexity index is 1040. The van der Waals surface area contributed by atoms with Gasteiger partial charge in [0.05, 0.1) is 18.2 Å². The quantitative estimate of drug-likeness (QED) is 0.752. The summed E-state index contributed by atoms with van der Waals surface area (Å²) < 4.78 is 20.7. The molecule has 2 aromatic heterocycles. The van der Waals surface area contributed by atoms with Crippen LogP contribution in [-0.4, -0.2) is 20.5 Å². The molecule has 1 N–H and O–H groups in total. The molecule has 1 aliphatic carbocycles. The first-order chi connectivity index (χ1) is 13.1. The Labute approximate surface area is 154 Å². The number of allylic oxidation sites excluding steroid dienone is 2.